The number of rotatable bonds is 8. The number of methoxy groups -OCH3 is 3. The number of hydrogen-bond acceptors (Lipinski definition) is 6. The molecule has 0 unspecified atom stereocenters. The van der Waals surface area contributed by atoms with Gasteiger partial charge in [0, 0.05) is 57.0 Å². The molecule has 0 bridgehead atoms. The molecule has 1 fully saturated rings. The predicted molar refractivity (Wildman–Crippen MR) is 137 cm³/mol. The first-order valence-corrected chi connectivity index (χ1v) is 10.8. The molecule has 1 aliphatic rings. The van der Waals surface area contributed by atoms with Crippen LogP contribution in [-0.4, -0.2) is 82.3 Å². The van der Waals surface area contributed by atoms with Gasteiger partial charge in [0.2, 0.25) is 0 Å². The van der Waals surface area contributed by atoms with Crippen LogP contribution in [0.4, 0.5) is 0 Å². The first-order chi connectivity index (χ1) is 15.6. The summed E-state index contributed by atoms with van der Waals surface area (Å²) in [7, 11) is 4.88. The molecular weight excluding hydrogens is 539 g/mol. The lowest BCUT2D eigenvalue weighted by atomic mass is 10.1. The topological polar surface area (TPSA) is 88.8 Å². The van der Waals surface area contributed by atoms with E-state index in [2.05, 4.69) is 10.2 Å². The minimum Gasteiger partial charge on any atom is -0.496 e. The number of piperazine rings is 1. The number of furan rings is 1. The lowest BCUT2D eigenvalue weighted by Crippen LogP contribution is -2.53. The summed E-state index contributed by atoms with van der Waals surface area (Å²) in [6.45, 7) is 6.00. The quantitative estimate of drug-likeness (QED) is 0.296. The number of guanidine groups is 1. The fourth-order valence-corrected chi connectivity index (χ4v) is 3.70. The molecule has 1 saturated heterocycles. The molecule has 1 aliphatic heterocycles. The molecule has 0 aliphatic carbocycles. The van der Waals surface area contributed by atoms with Gasteiger partial charge >= 0.3 is 0 Å². The predicted octanol–water partition coefficient (Wildman–Crippen LogP) is 2.89. The Kier molecular flexibility index (Phi) is 10.6. The SMILES string of the molecule is CCNC(=NCCc1c(OC)cc(OC)cc1OC)N1CCN(C(=O)c2ccco2)CC1.I. The highest BCUT2D eigenvalue weighted by Crippen LogP contribution is 2.34. The van der Waals surface area contributed by atoms with Crippen LogP contribution in [0.3, 0.4) is 0 Å². The standard InChI is InChI=1S/C23H32N4O5.HI/c1-5-24-23(27-12-10-26(11-13-27)22(28)19-7-6-14-32-19)25-9-8-18-20(30-3)15-17(29-2)16-21(18)31-4;/h6-7,14-16H,5,8-13H2,1-4H3,(H,24,25);1H. The van der Waals surface area contributed by atoms with Crippen LogP contribution in [-0.2, 0) is 6.42 Å². The Morgan fingerprint density at radius 2 is 1.70 bits per heavy atom. The molecule has 182 valence electrons. The van der Waals surface area contributed by atoms with Crippen molar-refractivity contribution < 1.29 is 23.4 Å². The van der Waals surface area contributed by atoms with Crippen molar-refractivity contribution in [3.8, 4) is 17.2 Å². The average Bonchev–Trinajstić information content (AvgIpc) is 3.38. The summed E-state index contributed by atoms with van der Waals surface area (Å²) in [6, 6.07) is 7.12. The minimum atomic E-state index is -0.0738. The Morgan fingerprint density at radius 1 is 1.06 bits per heavy atom. The summed E-state index contributed by atoms with van der Waals surface area (Å²) >= 11 is 0. The molecule has 1 amide bonds. The molecule has 3 rings (SSSR count). The van der Waals surface area contributed by atoms with Crippen LogP contribution in [0.2, 0.25) is 0 Å². The molecular formula is C23H33IN4O5. The highest BCUT2D eigenvalue weighted by molar-refractivity contribution is 14.0. The number of amides is 1. The zero-order valence-electron chi connectivity index (χ0n) is 19.6. The van der Waals surface area contributed by atoms with Crippen LogP contribution < -0.4 is 19.5 Å². The molecule has 33 heavy (non-hydrogen) atoms. The van der Waals surface area contributed by atoms with Crippen molar-refractivity contribution in [2.45, 2.75) is 13.3 Å². The van der Waals surface area contributed by atoms with Gasteiger partial charge < -0.3 is 33.7 Å². The number of carbonyl (C=O) groups excluding carboxylic acids is 1. The Balaban J connectivity index is 0.00000385. The summed E-state index contributed by atoms with van der Waals surface area (Å²) in [5.41, 5.74) is 0.948. The second-order valence-corrected chi connectivity index (χ2v) is 7.25. The molecule has 1 N–H and O–H groups in total. The van der Waals surface area contributed by atoms with Crippen molar-refractivity contribution in [2.75, 3.05) is 60.6 Å². The van der Waals surface area contributed by atoms with E-state index in [-0.39, 0.29) is 29.9 Å². The Labute approximate surface area is 212 Å². The number of nitrogens with one attached hydrogen (secondary N) is 1. The van der Waals surface area contributed by atoms with Crippen LogP contribution >= 0.6 is 24.0 Å². The van der Waals surface area contributed by atoms with E-state index in [4.69, 9.17) is 23.6 Å². The zero-order chi connectivity index (χ0) is 22.9. The fraction of sp³-hybridized carbons (Fsp3) is 0.478. The van der Waals surface area contributed by atoms with Gasteiger partial charge in [0.25, 0.3) is 5.91 Å². The van der Waals surface area contributed by atoms with Crippen LogP contribution in [0, 0.1) is 0 Å². The lowest BCUT2D eigenvalue weighted by Gasteiger charge is -2.36. The largest absolute Gasteiger partial charge is 0.496 e. The van der Waals surface area contributed by atoms with E-state index in [9.17, 15) is 4.79 Å². The Bertz CT molecular complexity index is 887. The molecule has 10 heteroatoms. The van der Waals surface area contributed by atoms with Gasteiger partial charge in [-0.25, -0.2) is 0 Å². The third-order valence-electron chi connectivity index (χ3n) is 5.37. The molecule has 0 radical (unpaired) electrons. The maximum Gasteiger partial charge on any atom is 0.289 e. The summed E-state index contributed by atoms with van der Waals surface area (Å²) in [5.74, 6) is 3.25. The summed E-state index contributed by atoms with van der Waals surface area (Å²) < 4.78 is 21.6. The maximum atomic E-state index is 12.5. The van der Waals surface area contributed by atoms with Gasteiger partial charge in [-0.2, -0.15) is 0 Å². The third-order valence-corrected chi connectivity index (χ3v) is 5.37. The smallest absolute Gasteiger partial charge is 0.289 e. The molecule has 1 aromatic carbocycles. The van der Waals surface area contributed by atoms with Crippen molar-refractivity contribution in [3.05, 3.63) is 41.9 Å². The molecule has 2 aromatic rings. The van der Waals surface area contributed by atoms with Gasteiger partial charge in [0.15, 0.2) is 11.7 Å². The first kappa shape index (κ1) is 26.6. The van der Waals surface area contributed by atoms with Gasteiger partial charge in [0.1, 0.15) is 17.2 Å². The maximum absolute atomic E-state index is 12.5. The van der Waals surface area contributed by atoms with E-state index in [1.807, 2.05) is 24.0 Å². The Hall–Kier alpha value is -2.63. The zero-order valence-corrected chi connectivity index (χ0v) is 22.0. The van der Waals surface area contributed by atoms with Crippen LogP contribution in [0.15, 0.2) is 39.9 Å². The van der Waals surface area contributed by atoms with Gasteiger partial charge in [-0.1, -0.05) is 0 Å². The molecule has 1 aromatic heterocycles. The van der Waals surface area contributed by atoms with Crippen LogP contribution in [0.25, 0.3) is 0 Å². The Morgan fingerprint density at radius 3 is 2.21 bits per heavy atom. The first-order valence-electron chi connectivity index (χ1n) is 10.8. The molecule has 2 heterocycles. The number of halogens is 1. The van der Waals surface area contributed by atoms with Crippen LogP contribution in [0.1, 0.15) is 23.0 Å². The number of aliphatic imine (C=N–C) groups is 1. The monoisotopic (exact) mass is 572 g/mol. The van der Waals surface area contributed by atoms with Gasteiger partial charge in [-0.3, -0.25) is 9.79 Å². The number of hydrogen-bond donors (Lipinski definition) is 1. The van der Waals surface area contributed by atoms with Crippen LogP contribution in [0.5, 0.6) is 17.2 Å². The van der Waals surface area contributed by atoms with E-state index < -0.39 is 0 Å². The minimum absolute atomic E-state index is 0. The van der Waals surface area contributed by atoms with E-state index >= 15 is 0 Å². The lowest BCUT2D eigenvalue weighted by molar-refractivity contribution is 0.0657. The normalized spacial score (nSPS) is 13.9. The second kappa shape index (κ2) is 13.2. The number of ether oxygens (including phenoxy) is 3. The molecule has 9 nitrogen and oxygen atoms in total. The third kappa shape index (κ3) is 6.68. The summed E-state index contributed by atoms with van der Waals surface area (Å²) in [4.78, 5) is 21.3. The van der Waals surface area contributed by atoms with Gasteiger partial charge in [0.05, 0.1) is 27.6 Å². The van der Waals surface area contributed by atoms with Gasteiger partial charge in [-0.15, -0.1) is 24.0 Å². The number of carbonyl (C=O) groups is 1. The van der Waals surface area contributed by atoms with E-state index in [1.165, 1.54) is 6.26 Å². The van der Waals surface area contributed by atoms with Crippen molar-refractivity contribution in [3.63, 3.8) is 0 Å². The van der Waals surface area contributed by atoms with E-state index in [0.717, 1.165) is 18.1 Å². The summed E-state index contributed by atoms with van der Waals surface area (Å²) in [6.07, 6.45) is 2.18. The number of benzene rings is 1. The fourth-order valence-electron chi connectivity index (χ4n) is 3.70. The highest BCUT2D eigenvalue weighted by atomic mass is 127. The van der Waals surface area contributed by atoms with Crippen molar-refractivity contribution in [1.82, 2.24) is 15.1 Å². The van der Waals surface area contributed by atoms with Gasteiger partial charge in [-0.05, 0) is 25.5 Å². The van der Waals surface area contributed by atoms with Crippen molar-refractivity contribution in [2.24, 2.45) is 4.99 Å². The van der Waals surface area contributed by atoms with E-state index in [0.29, 0.717) is 62.2 Å². The molecule has 0 atom stereocenters. The average molecular weight is 572 g/mol. The van der Waals surface area contributed by atoms with Crippen molar-refractivity contribution in [1.29, 1.82) is 0 Å². The molecule has 0 spiro atoms. The summed E-state index contributed by atoms with van der Waals surface area (Å²) in [5, 5.41) is 3.36. The second-order valence-electron chi connectivity index (χ2n) is 7.25. The highest BCUT2D eigenvalue weighted by Gasteiger charge is 2.25. The van der Waals surface area contributed by atoms with E-state index in [1.54, 1.807) is 33.5 Å². The number of nitrogens with zero attached hydrogens (tertiary/aromatic N) is 3. The molecule has 0 saturated carbocycles. The van der Waals surface area contributed by atoms with Crippen molar-refractivity contribution >= 4 is 35.8 Å².